The summed E-state index contributed by atoms with van der Waals surface area (Å²) in [6.45, 7) is 0.936. The van der Waals surface area contributed by atoms with E-state index in [2.05, 4.69) is 5.32 Å². The number of benzene rings is 1. The Labute approximate surface area is 151 Å². The molecule has 6 nitrogen and oxygen atoms in total. The first-order valence-corrected chi connectivity index (χ1v) is 8.31. The van der Waals surface area contributed by atoms with E-state index in [-0.39, 0.29) is 31.3 Å². The number of amides is 1. The van der Waals surface area contributed by atoms with Gasteiger partial charge in [-0.05, 0) is 36.4 Å². The number of hydrogen-bond acceptors (Lipinski definition) is 4. The van der Waals surface area contributed by atoms with Gasteiger partial charge in [0.15, 0.2) is 0 Å². The average molecular weight is 365 g/mol. The number of carbonyl (C=O) groups excluding carboxylic acids is 2. The Morgan fingerprint density at radius 3 is 2.56 bits per heavy atom. The van der Waals surface area contributed by atoms with Crippen molar-refractivity contribution in [1.29, 1.82) is 0 Å². The zero-order chi connectivity index (χ0) is 18.2. The molecular weight excluding hydrogens is 344 g/mol. The predicted octanol–water partition coefficient (Wildman–Crippen LogP) is 1.58. The van der Waals surface area contributed by atoms with Gasteiger partial charge in [0.05, 0.1) is 31.9 Å². The molecule has 2 rings (SSSR count). The standard InChI is InChI=1S/C18H21ClN2O4/c1-21-15(12-17(23)20-8-10-25-11-9-22)6-7-16(21)18(24)13-2-4-14(19)5-3-13/h2-7,22H,8-12H2,1H3,(H,20,23). The molecule has 7 heteroatoms. The molecule has 0 unspecified atom stereocenters. The number of rotatable bonds is 9. The van der Waals surface area contributed by atoms with E-state index in [1.54, 1.807) is 48.0 Å². The lowest BCUT2D eigenvalue weighted by Gasteiger charge is -2.09. The van der Waals surface area contributed by atoms with Crippen molar-refractivity contribution in [2.45, 2.75) is 6.42 Å². The summed E-state index contributed by atoms with van der Waals surface area (Å²) < 4.78 is 6.80. The molecule has 1 heterocycles. The highest BCUT2D eigenvalue weighted by molar-refractivity contribution is 6.30. The molecule has 0 aliphatic carbocycles. The zero-order valence-electron chi connectivity index (χ0n) is 14.0. The minimum atomic E-state index is -0.153. The summed E-state index contributed by atoms with van der Waals surface area (Å²) >= 11 is 5.84. The Kier molecular flexibility index (Phi) is 7.18. The molecular formula is C18H21ClN2O4. The van der Waals surface area contributed by atoms with Gasteiger partial charge in [0.1, 0.15) is 0 Å². The molecule has 0 atom stereocenters. The predicted molar refractivity (Wildman–Crippen MR) is 94.9 cm³/mol. The molecule has 0 saturated heterocycles. The fourth-order valence-electron chi connectivity index (χ4n) is 2.36. The molecule has 0 aliphatic heterocycles. The number of carbonyl (C=O) groups is 2. The third-order valence-electron chi connectivity index (χ3n) is 3.71. The summed E-state index contributed by atoms with van der Waals surface area (Å²) in [6.07, 6.45) is 0.171. The van der Waals surface area contributed by atoms with Crippen molar-refractivity contribution in [3.8, 4) is 0 Å². The van der Waals surface area contributed by atoms with Crippen LogP contribution in [0.5, 0.6) is 0 Å². The number of ether oxygens (including phenoxy) is 1. The van der Waals surface area contributed by atoms with Crippen LogP contribution in [0, 0.1) is 0 Å². The van der Waals surface area contributed by atoms with Gasteiger partial charge in [0.25, 0.3) is 0 Å². The van der Waals surface area contributed by atoms with Crippen molar-refractivity contribution in [3.05, 3.63) is 58.4 Å². The van der Waals surface area contributed by atoms with Crippen LogP contribution in [0.1, 0.15) is 21.7 Å². The van der Waals surface area contributed by atoms with Gasteiger partial charge in [-0.15, -0.1) is 0 Å². The highest BCUT2D eigenvalue weighted by Gasteiger charge is 2.16. The first-order valence-electron chi connectivity index (χ1n) is 7.93. The lowest BCUT2D eigenvalue weighted by Crippen LogP contribution is -2.29. The van der Waals surface area contributed by atoms with Crippen LogP contribution in [0.3, 0.4) is 0 Å². The maximum atomic E-state index is 12.5. The highest BCUT2D eigenvalue weighted by Crippen LogP contribution is 2.16. The average Bonchev–Trinajstić information content (AvgIpc) is 2.95. The molecule has 0 aliphatic rings. The smallest absolute Gasteiger partial charge is 0.226 e. The van der Waals surface area contributed by atoms with Crippen LogP contribution in [0.4, 0.5) is 0 Å². The van der Waals surface area contributed by atoms with Crippen LogP contribution in [0.25, 0.3) is 0 Å². The van der Waals surface area contributed by atoms with E-state index in [9.17, 15) is 9.59 Å². The van der Waals surface area contributed by atoms with Gasteiger partial charge in [0.2, 0.25) is 11.7 Å². The summed E-state index contributed by atoms with van der Waals surface area (Å²) in [4.78, 5) is 24.5. The van der Waals surface area contributed by atoms with E-state index in [0.717, 1.165) is 5.69 Å². The Bertz CT molecular complexity index is 725. The number of nitrogens with one attached hydrogen (secondary N) is 1. The highest BCUT2D eigenvalue weighted by atomic mass is 35.5. The minimum absolute atomic E-state index is 0.0400. The lowest BCUT2D eigenvalue weighted by molar-refractivity contribution is -0.120. The van der Waals surface area contributed by atoms with Crippen molar-refractivity contribution in [1.82, 2.24) is 9.88 Å². The first kappa shape index (κ1) is 19.2. The second-order valence-electron chi connectivity index (χ2n) is 5.47. The molecule has 1 amide bonds. The van der Waals surface area contributed by atoms with Crippen molar-refractivity contribution >= 4 is 23.3 Å². The Hall–Kier alpha value is -2.15. The van der Waals surface area contributed by atoms with Crippen LogP contribution >= 0.6 is 11.6 Å². The fourth-order valence-corrected chi connectivity index (χ4v) is 2.49. The Morgan fingerprint density at radius 2 is 1.88 bits per heavy atom. The largest absolute Gasteiger partial charge is 0.394 e. The number of nitrogens with zero attached hydrogens (tertiary/aromatic N) is 1. The molecule has 25 heavy (non-hydrogen) atoms. The fraction of sp³-hybridized carbons (Fsp3) is 0.333. The maximum absolute atomic E-state index is 12.5. The second kappa shape index (κ2) is 9.36. The molecule has 0 saturated carbocycles. The molecule has 0 bridgehead atoms. The van der Waals surface area contributed by atoms with Gasteiger partial charge < -0.3 is 19.7 Å². The quantitative estimate of drug-likeness (QED) is 0.523. The van der Waals surface area contributed by atoms with Crippen LogP contribution in [-0.2, 0) is 23.0 Å². The van der Waals surface area contributed by atoms with Crippen molar-refractivity contribution < 1.29 is 19.4 Å². The van der Waals surface area contributed by atoms with E-state index in [1.165, 1.54) is 0 Å². The lowest BCUT2D eigenvalue weighted by atomic mass is 10.1. The summed E-state index contributed by atoms with van der Waals surface area (Å²) in [5, 5.41) is 11.9. The first-order chi connectivity index (χ1) is 12.0. The summed E-state index contributed by atoms with van der Waals surface area (Å²) in [5.41, 5.74) is 1.80. The molecule has 0 radical (unpaired) electrons. The molecule has 2 N–H and O–H groups in total. The Morgan fingerprint density at radius 1 is 1.16 bits per heavy atom. The summed E-state index contributed by atoms with van der Waals surface area (Å²) in [7, 11) is 1.76. The van der Waals surface area contributed by atoms with Crippen LogP contribution < -0.4 is 5.32 Å². The normalized spacial score (nSPS) is 10.7. The maximum Gasteiger partial charge on any atom is 0.226 e. The molecule has 2 aromatic rings. The van der Waals surface area contributed by atoms with E-state index in [0.29, 0.717) is 29.4 Å². The zero-order valence-corrected chi connectivity index (χ0v) is 14.8. The van der Waals surface area contributed by atoms with E-state index in [1.807, 2.05) is 0 Å². The van der Waals surface area contributed by atoms with Crippen molar-refractivity contribution in [3.63, 3.8) is 0 Å². The van der Waals surface area contributed by atoms with Gasteiger partial charge in [-0.25, -0.2) is 0 Å². The molecule has 1 aromatic heterocycles. The number of hydrogen-bond donors (Lipinski definition) is 2. The van der Waals surface area contributed by atoms with Crippen molar-refractivity contribution in [2.24, 2.45) is 7.05 Å². The minimum Gasteiger partial charge on any atom is -0.394 e. The van der Waals surface area contributed by atoms with Gasteiger partial charge in [-0.1, -0.05) is 11.6 Å². The third-order valence-corrected chi connectivity index (χ3v) is 3.96. The SMILES string of the molecule is Cn1c(CC(=O)NCCOCCO)ccc1C(=O)c1ccc(Cl)cc1. The molecule has 1 aromatic carbocycles. The van der Waals surface area contributed by atoms with Crippen LogP contribution in [0.15, 0.2) is 36.4 Å². The number of aliphatic hydroxyl groups is 1. The van der Waals surface area contributed by atoms with Gasteiger partial charge in [0, 0.05) is 29.9 Å². The molecule has 134 valence electrons. The summed E-state index contributed by atoms with van der Waals surface area (Å²) in [6, 6.07) is 10.2. The number of aromatic nitrogens is 1. The van der Waals surface area contributed by atoms with E-state index >= 15 is 0 Å². The Balaban J connectivity index is 1.95. The van der Waals surface area contributed by atoms with Gasteiger partial charge in [-0.2, -0.15) is 0 Å². The number of halogens is 1. The molecule has 0 spiro atoms. The second-order valence-corrected chi connectivity index (χ2v) is 5.90. The van der Waals surface area contributed by atoms with Crippen LogP contribution in [-0.4, -0.2) is 47.7 Å². The van der Waals surface area contributed by atoms with Crippen LogP contribution in [0.2, 0.25) is 5.02 Å². The third kappa shape index (κ3) is 5.42. The van der Waals surface area contributed by atoms with Gasteiger partial charge in [-0.3, -0.25) is 9.59 Å². The molecule has 0 fully saturated rings. The van der Waals surface area contributed by atoms with Crippen molar-refractivity contribution in [2.75, 3.05) is 26.4 Å². The van der Waals surface area contributed by atoms with E-state index < -0.39 is 0 Å². The van der Waals surface area contributed by atoms with Gasteiger partial charge >= 0.3 is 0 Å². The van der Waals surface area contributed by atoms with E-state index in [4.69, 9.17) is 21.4 Å². The number of ketones is 1. The monoisotopic (exact) mass is 364 g/mol. The topological polar surface area (TPSA) is 80.6 Å². The number of aliphatic hydroxyl groups excluding tert-OH is 1. The summed E-state index contributed by atoms with van der Waals surface area (Å²) in [5.74, 6) is -0.275.